The van der Waals surface area contributed by atoms with E-state index in [9.17, 15) is 0 Å². The molecule has 3 atom stereocenters. The first-order valence-electron chi connectivity index (χ1n) is 6.86. The number of hydrogen-bond donors (Lipinski definition) is 1. The first kappa shape index (κ1) is 11.7. The maximum Gasteiger partial charge on any atom is 0.234 e. The molecule has 0 bridgehead atoms. The Balaban J connectivity index is 1.71. The smallest absolute Gasteiger partial charge is 0.234 e. The van der Waals surface area contributed by atoms with E-state index in [2.05, 4.69) is 22.4 Å². The second kappa shape index (κ2) is 4.50. The minimum atomic E-state index is 0.346. The Bertz CT molecular complexity index is 588. The van der Waals surface area contributed by atoms with Crippen LogP contribution in [0.1, 0.15) is 42.6 Å². The molecule has 2 fully saturated rings. The number of hydrogen-bond acceptors (Lipinski definition) is 6. The van der Waals surface area contributed by atoms with Gasteiger partial charge in [-0.1, -0.05) is 18.3 Å². The van der Waals surface area contributed by atoms with Crippen molar-refractivity contribution in [2.24, 2.45) is 5.92 Å². The molecular formula is C12H17N5OS. The van der Waals surface area contributed by atoms with Crippen LogP contribution in [0.5, 0.6) is 0 Å². The van der Waals surface area contributed by atoms with Gasteiger partial charge in [0.1, 0.15) is 5.01 Å². The lowest BCUT2D eigenvalue weighted by Gasteiger charge is -2.11. The Hall–Kier alpha value is -1.05. The molecule has 2 aliphatic rings. The van der Waals surface area contributed by atoms with Crippen LogP contribution in [0.2, 0.25) is 0 Å². The lowest BCUT2D eigenvalue weighted by molar-refractivity contribution is 0.193. The molecule has 2 aromatic rings. The molecule has 3 unspecified atom stereocenters. The van der Waals surface area contributed by atoms with E-state index in [1.807, 2.05) is 4.52 Å². The number of ether oxygens (including phenoxy) is 1. The van der Waals surface area contributed by atoms with E-state index in [0.717, 1.165) is 42.0 Å². The van der Waals surface area contributed by atoms with Gasteiger partial charge in [-0.25, -0.2) is 0 Å². The summed E-state index contributed by atoms with van der Waals surface area (Å²) in [7, 11) is 0. The number of aromatic nitrogens is 4. The third-order valence-electron chi connectivity index (χ3n) is 4.12. The van der Waals surface area contributed by atoms with Gasteiger partial charge in [0.15, 0.2) is 5.82 Å². The van der Waals surface area contributed by atoms with Crippen LogP contribution in [0.25, 0.3) is 4.96 Å². The summed E-state index contributed by atoms with van der Waals surface area (Å²) in [5.74, 6) is 1.95. The van der Waals surface area contributed by atoms with Gasteiger partial charge in [0.2, 0.25) is 4.96 Å². The third-order valence-corrected chi connectivity index (χ3v) is 5.11. The van der Waals surface area contributed by atoms with Crippen LogP contribution >= 0.6 is 11.3 Å². The molecule has 6 nitrogen and oxygen atoms in total. The Morgan fingerprint density at radius 2 is 2.32 bits per heavy atom. The Labute approximate surface area is 115 Å². The third kappa shape index (κ3) is 1.87. The molecule has 0 spiro atoms. The standard InChI is InChI=1S/C12H17N5OS/c1-7-2-4-13-9(7)11-16-17-10(8-3-5-18-6-8)14-15-12(17)19-11/h7-9,13H,2-6H2,1H3. The van der Waals surface area contributed by atoms with Crippen molar-refractivity contribution in [2.45, 2.75) is 31.7 Å². The van der Waals surface area contributed by atoms with Crippen molar-refractivity contribution in [2.75, 3.05) is 19.8 Å². The number of rotatable bonds is 2. The van der Waals surface area contributed by atoms with E-state index in [1.54, 1.807) is 11.3 Å². The van der Waals surface area contributed by atoms with Gasteiger partial charge in [-0.05, 0) is 25.3 Å². The van der Waals surface area contributed by atoms with Crippen LogP contribution in [-0.2, 0) is 4.74 Å². The van der Waals surface area contributed by atoms with Crippen LogP contribution < -0.4 is 5.32 Å². The highest BCUT2D eigenvalue weighted by Gasteiger charge is 2.30. The molecule has 0 aliphatic carbocycles. The number of nitrogens with zero attached hydrogens (tertiary/aromatic N) is 4. The molecule has 0 amide bonds. The van der Waals surface area contributed by atoms with E-state index < -0.39 is 0 Å². The summed E-state index contributed by atoms with van der Waals surface area (Å²) >= 11 is 1.65. The van der Waals surface area contributed by atoms with Gasteiger partial charge < -0.3 is 10.1 Å². The fraction of sp³-hybridized carbons (Fsp3) is 0.750. The zero-order valence-corrected chi connectivity index (χ0v) is 11.7. The van der Waals surface area contributed by atoms with Gasteiger partial charge in [0, 0.05) is 12.5 Å². The van der Waals surface area contributed by atoms with Crippen molar-refractivity contribution in [1.29, 1.82) is 0 Å². The van der Waals surface area contributed by atoms with Crippen molar-refractivity contribution in [3.05, 3.63) is 10.8 Å². The minimum Gasteiger partial charge on any atom is -0.381 e. The Morgan fingerprint density at radius 3 is 3.05 bits per heavy atom. The van der Waals surface area contributed by atoms with Crippen LogP contribution in [-0.4, -0.2) is 39.6 Å². The SMILES string of the molecule is CC1CCNC1c1nn2c(C3CCOC3)nnc2s1. The molecule has 102 valence electrons. The zero-order valence-electron chi connectivity index (χ0n) is 10.9. The molecule has 2 saturated heterocycles. The van der Waals surface area contributed by atoms with Gasteiger partial charge >= 0.3 is 0 Å². The Kier molecular flexibility index (Phi) is 2.78. The quantitative estimate of drug-likeness (QED) is 0.899. The molecule has 2 aromatic heterocycles. The van der Waals surface area contributed by atoms with Crippen molar-refractivity contribution in [3.63, 3.8) is 0 Å². The maximum absolute atomic E-state index is 5.44. The fourth-order valence-corrected chi connectivity index (χ4v) is 3.98. The van der Waals surface area contributed by atoms with E-state index in [-0.39, 0.29) is 0 Å². The van der Waals surface area contributed by atoms with Gasteiger partial charge in [0.05, 0.1) is 12.6 Å². The summed E-state index contributed by atoms with van der Waals surface area (Å²) in [5, 5.41) is 18.0. The molecule has 7 heteroatoms. The maximum atomic E-state index is 5.44. The zero-order chi connectivity index (χ0) is 12.8. The summed E-state index contributed by atoms with van der Waals surface area (Å²) in [6.07, 6.45) is 2.24. The molecular weight excluding hydrogens is 262 g/mol. The molecule has 19 heavy (non-hydrogen) atoms. The lowest BCUT2D eigenvalue weighted by atomic mass is 10.0. The molecule has 0 radical (unpaired) electrons. The van der Waals surface area contributed by atoms with Crippen molar-refractivity contribution in [1.82, 2.24) is 25.1 Å². The van der Waals surface area contributed by atoms with Crippen LogP contribution in [0.4, 0.5) is 0 Å². The van der Waals surface area contributed by atoms with E-state index in [0.29, 0.717) is 17.9 Å². The van der Waals surface area contributed by atoms with E-state index in [4.69, 9.17) is 9.84 Å². The molecule has 4 heterocycles. The van der Waals surface area contributed by atoms with Crippen LogP contribution in [0.3, 0.4) is 0 Å². The number of fused-ring (bicyclic) bond motifs is 1. The summed E-state index contributed by atoms with van der Waals surface area (Å²) < 4.78 is 7.36. The molecule has 0 saturated carbocycles. The summed E-state index contributed by atoms with van der Waals surface area (Å²) in [4.78, 5) is 0.901. The van der Waals surface area contributed by atoms with Gasteiger partial charge in [-0.3, -0.25) is 0 Å². The highest BCUT2D eigenvalue weighted by Crippen LogP contribution is 2.33. The predicted octanol–water partition coefficient (Wildman–Crippen LogP) is 1.36. The molecule has 4 rings (SSSR count). The highest BCUT2D eigenvalue weighted by atomic mass is 32.1. The van der Waals surface area contributed by atoms with Crippen LogP contribution in [0, 0.1) is 5.92 Å². The van der Waals surface area contributed by atoms with Gasteiger partial charge in [-0.15, -0.1) is 10.2 Å². The second-order valence-corrected chi connectivity index (χ2v) is 6.44. The Morgan fingerprint density at radius 1 is 1.37 bits per heavy atom. The van der Waals surface area contributed by atoms with Crippen molar-refractivity contribution >= 4 is 16.3 Å². The highest BCUT2D eigenvalue weighted by molar-refractivity contribution is 7.16. The summed E-state index contributed by atoms with van der Waals surface area (Å²) in [6.45, 7) is 4.91. The average Bonchev–Trinajstić information content (AvgIpc) is 3.10. The molecule has 0 aromatic carbocycles. The molecule has 2 aliphatic heterocycles. The summed E-state index contributed by atoms with van der Waals surface area (Å²) in [6, 6.07) is 0.374. The normalized spacial score (nSPS) is 31.5. The lowest BCUT2D eigenvalue weighted by Crippen LogP contribution is -2.16. The minimum absolute atomic E-state index is 0.346. The fourth-order valence-electron chi connectivity index (χ4n) is 2.93. The van der Waals surface area contributed by atoms with E-state index in [1.165, 1.54) is 6.42 Å². The van der Waals surface area contributed by atoms with Crippen LogP contribution in [0.15, 0.2) is 0 Å². The molecule has 1 N–H and O–H groups in total. The van der Waals surface area contributed by atoms with Crippen molar-refractivity contribution in [3.8, 4) is 0 Å². The average molecular weight is 279 g/mol. The largest absolute Gasteiger partial charge is 0.381 e. The summed E-state index contributed by atoms with van der Waals surface area (Å²) in [5.41, 5.74) is 0. The van der Waals surface area contributed by atoms with E-state index >= 15 is 0 Å². The number of nitrogens with one attached hydrogen (secondary N) is 1. The second-order valence-electron chi connectivity index (χ2n) is 5.45. The topological polar surface area (TPSA) is 64.3 Å². The first-order chi connectivity index (χ1) is 9.33. The predicted molar refractivity (Wildman–Crippen MR) is 71.4 cm³/mol. The van der Waals surface area contributed by atoms with Gasteiger partial charge in [0.25, 0.3) is 0 Å². The van der Waals surface area contributed by atoms with Crippen molar-refractivity contribution < 1.29 is 4.74 Å². The monoisotopic (exact) mass is 279 g/mol. The van der Waals surface area contributed by atoms with Gasteiger partial charge in [-0.2, -0.15) is 9.61 Å². The first-order valence-corrected chi connectivity index (χ1v) is 7.68.